The van der Waals surface area contributed by atoms with Gasteiger partial charge in [0, 0.05) is 56.5 Å². The first-order valence-corrected chi connectivity index (χ1v) is 14.1. The number of urea groups is 1. The van der Waals surface area contributed by atoms with E-state index < -0.39 is 6.03 Å². The van der Waals surface area contributed by atoms with Crippen molar-refractivity contribution in [3.8, 4) is 11.9 Å². The van der Waals surface area contributed by atoms with Crippen molar-refractivity contribution in [2.75, 3.05) is 57.2 Å². The smallest absolute Gasteiger partial charge is 0.321 e. The molecule has 0 aliphatic carbocycles. The molecule has 3 aliphatic heterocycles. The highest BCUT2D eigenvalue weighted by atomic mass is 32.1. The number of hydrogen-bond donors (Lipinski definition) is 2. The second kappa shape index (κ2) is 12.0. The number of hydrogen-bond acceptors (Lipinski definition) is 10. The van der Waals surface area contributed by atoms with Crippen LogP contribution in [0.4, 0.5) is 15.7 Å². The number of methoxy groups -OCH3 is 2. The lowest BCUT2D eigenvalue weighted by Crippen LogP contribution is -2.47. The second-order valence-electron chi connectivity index (χ2n) is 9.72. The SMILES string of the molecule is COc1cc(N2CCc3nc(NC(=O)NCCC(=O)N4CCC[C@H]4C(=O)N4CCCC4)sc3C2)nc(OC)n1. The third kappa shape index (κ3) is 6.15. The fourth-order valence-corrected chi connectivity index (χ4v) is 6.25. The van der Waals surface area contributed by atoms with E-state index in [-0.39, 0.29) is 36.8 Å². The van der Waals surface area contributed by atoms with E-state index in [9.17, 15) is 14.4 Å². The number of fused-ring (bicyclic) bond motifs is 1. The number of amides is 4. The van der Waals surface area contributed by atoms with Gasteiger partial charge in [0.2, 0.25) is 17.7 Å². The number of rotatable bonds is 8. The predicted molar refractivity (Wildman–Crippen MR) is 144 cm³/mol. The normalized spacial score (nSPS) is 18.6. The van der Waals surface area contributed by atoms with Gasteiger partial charge in [0.05, 0.1) is 26.5 Å². The first-order chi connectivity index (χ1) is 18.9. The summed E-state index contributed by atoms with van der Waals surface area (Å²) in [6, 6.07) is 1.21. The zero-order valence-electron chi connectivity index (χ0n) is 22.3. The van der Waals surface area contributed by atoms with Crippen molar-refractivity contribution < 1.29 is 23.9 Å². The molecule has 13 nitrogen and oxygen atoms in total. The third-order valence-electron chi connectivity index (χ3n) is 7.24. The summed E-state index contributed by atoms with van der Waals surface area (Å²) >= 11 is 1.41. The first-order valence-electron chi connectivity index (χ1n) is 13.3. The Morgan fingerprint density at radius 1 is 1.05 bits per heavy atom. The van der Waals surface area contributed by atoms with Crippen LogP contribution in [0.15, 0.2) is 6.07 Å². The minimum atomic E-state index is -0.415. The molecule has 39 heavy (non-hydrogen) atoms. The Hall–Kier alpha value is -3.68. The molecule has 2 fully saturated rings. The van der Waals surface area contributed by atoms with Gasteiger partial charge in [0.1, 0.15) is 11.9 Å². The van der Waals surface area contributed by atoms with Gasteiger partial charge in [0.15, 0.2) is 5.13 Å². The molecule has 5 rings (SSSR count). The van der Waals surface area contributed by atoms with Crippen LogP contribution in [0.1, 0.15) is 42.7 Å². The number of aromatic nitrogens is 3. The van der Waals surface area contributed by atoms with Gasteiger partial charge in [-0.2, -0.15) is 9.97 Å². The Balaban J connectivity index is 1.10. The van der Waals surface area contributed by atoms with Crippen LogP contribution in [0.3, 0.4) is 0 Å². The molecule has 2 aromatic rings. The molecular formula is C25H34N8O5S. The van der Waals surface area contributed by atoms with Crippen molar-refractivity contribution in [1.29, 1.82) is 0 Å². The Morgan fingerprint density at radius 3 is 2.64 bits per heavy atom. The van der Waals surface area contributed by atoms with Crippen molar-refractivity contribution in [2.45, 2.75) is 51.1 Å². The summed E-state index contributed by atoms with van der Waals surface area (Å²) in [5.41, 5.74) is 0.942. The molecule has 0 unspecified atom stereocenters. The largest absolute Gasteiger partial charge is 0.481 e. The van der Waals surface area contributed by atoms with Gasteiger partial charge in [-0.25, -0.2) is 9.78 Å². The molecule has 1 atom stereocenters. The van der Waals surface area contributed by atoms with Crippen LogP contribution in [0, 0.1) is 0 Å². The summed E-state index contributed by atoms with van der Waals surface area (Å²) in [7, 11) is 3.05. The van der Waals surface area contributed by atoms with Crippen molar-refractivity contribution in [2.24, 2.45) is 0 Å². The highest BCUT2D eigenvalue weighted by molar-refractivity contribution is 7.15. The van der Waals surface area contributed by atoms with Gasteiger partial charge in [-0.3, -0.25) is 14.9 Å². The number of nitrogens with zero attached hydrogens (tertiary/aromatic N) is 6. The molecule has 4 amide bonds. The summed E-state index contributed by atoms with van der Waals surface area (Å²) in [6.45, 7) is 3.61. The molecule has 14 heteroatoms. The van der Waals surface area contributed by atoms with Gasteiger partial charge in [0.25, 0.3) is 0 Å². The molecule has 5 heterocycles. The maximum atomic E-state index is 12.8. The van der Waals surface area contributed by atoms with Crippen LogP contribution in [-0.4, -0.2) is 95.6 Å². The Kier molecular flexibility index (Phi) is 8.29. The van der Waals surface area contributed by atoms with Gasteiger partial charge >= 0.3 is 12.0 Å². The van der Waals surface area contributed by atoms with Crippen LogP contribution in [0.2, 0.25) is 0 Å². The monoisotopic (exact) mass is 558 g/mol. The Morgan fingerprint density at radius 2 is 1.87 bits per heavy atom. The Bertz CT molecular complexity index is 1190. The Labute approximate surface area is 230 Å². The van der Waals surface area contributed by atoms with E-state index in [0.717, 1.165) is 42.9 Å². The lowest BCUT2D eigenvalue weighted by molar-refractivity contribution is -0.143. The molecule has 2 saturated heterocycles. The second-order valence-corrected chi connectivity index (χ2v) is 10.8. The van der Waals surface area contributed by atoms with E-state index in [1.54, 1.807) is 18.1 Å². The lowest BCUT2D eigenvalue weighted by Gasteiger charge is -2.27. The van der Waals surface area contributed by atoms with Crippen LogP contribution in [0.5, 0.6) is 11.9 Å². The van der Waals surface area contributed by atoms with Crippen molar-refractivity contribution in [3.63, 3.8) is 0 Å². The molecule has 0 radical (unpaired) electrons. The topological polar surface area (TPSA) is 142 Å². The fraction of sp³-hybridized carbons (Fsp3) is 0.600. The van der Waals surface area contributed by atoms with Crippen molar-refractivity contribution in [1.82, 2.24) is 30.1 Å². The van der Waals surface area contributed by atoms with Gasteiger partial charge in [-0.05, 0) is 25.7 Å². The number of nitrogens with one attached hydrogen (secondary N) is 2. The minimum Gasteiger partial charge on any atom is -0.481 e. The summed E-state index contributed by atoms with van der Waals surface area (Å²) in [5.74, 6) is 1.07. The molecule has 3 aliphatic rings. The van der Waals surface area contributed by atoms with E-state index in [2.05, 4.69) is 30.5 Å². The number of ether oxygens (including phenoxy) is 2. The van der Waals surface area contributed by atoms with Gasteiger partial charge < -0.3 is 29.5 Å². The molecule has 0 spiro atoms. The zero-order valence-corrected chi connectivity index (χ0v) is 23.1. The highest BCUT2D eigenvalue weighted by Gasteiger charge is 2.36. The van der Waals surface area contributed by atoms with Crippen molar-refractivity contribution in [3.05, 3.63) is 16.6 Å². The van der Waals surface area contributed by atoms with Crippen LogP contribution in [-0.2, 0) is 22.6 Å². The molecule has 0 aromatic carbocycles. The maximum Gasteiger partial charge on any atom is 0.321 e. The first kappa shape index (κ1) is 26.9. The average molecular weight is 559 g/mol. The van der Waals surface area contributed by atoms with E-state index in [1.165, 1.54) is 18.4 Å². The fourth-order valence-electron chi connectivity index (χ4n) is 5.23. The highest BCUT2D eigenvalue weighted by Crippen LogP contribution is 2.31. The van der Waals surface area contributed by atoms with Gasteiger partial charge in [-0.1, -0.05) is 11.3 Å². The molecule has 210 valence electrons. The number of likely N-dealkylation sites (tertiary alicyclic amines) is 2. The number of thiazole rings is 1. The molecule has 2 aromatic heterocycles. The predicted octanol–water partition coefficient (Wildman–Crippen LogP) is 1.64. The minimum absolute atomic E-state index is 0.0633. The van der Waals surface area contributed by atoms with Crippen molar-refractivity contribution >= 4 is 40.1 Å². The van der Waals surface area contributed by atoms with Crippen LogP contribution >= 0.6 is 11.3 Å². The maximum absolute atomic E-state index is 12.8. The van der Waals surface area contributed by atoms with Crippen LogP contribution < -0.4 is 25.0 Å². The summed E-state index contributed by atoms with van der Waals surface area (Å²) < 4.78 is 10.4. The average Bonchev–Trinajstić information content (AvgIpc) is 3.72. The number of carbonyl (C=O) groups excluding carboxylic acids is 3. The molecular weight excluding hydrogens is 524 g/mol. The molecule has 2 N–H and O–H groups in total. The van der Waals surface area contributed by atoms with E-state index in [1.807, 2.05) is 4.90 Å². The number of anilines is 2. The third-order valence-corrected chi connectivity index (χ3v) is 8.23. The van der Waals surface area contributed by atoms with E-state index >= 15 is 0 Å². The quantitative estimate of drug-likeness (QED) is 0.494. The summed E-state index contributed by atoms with van der Waals surface area (Å²) in [4.78, 5) is 58.0. The molecule has 0 saturated carbocycles. The summed E-state index contributed by atoms with van der Waals surface area (Å²) in [6.07, 6.45) is 4.43. The zero-order chi connectivity index (χ0) is 27.4. The van der Waals surface area contributed by atoms with Crippen LogP contribution in [0.25, 0.3) is 0 Å². The van der Waals surface area contributed by atoms with Gasteiger partial charge in [-0.15, -0.1) is 0 Å². The molecule has 0 bridgehead atoms. The lowest BCUT2D eigenvalue weighted by atomic mass is 10.2. The van der Waals surface area contributed by atoms with E-state index in [0.29, 0.717) is 49.3 Å². The van der Waals surface area contributed by atoms with E-state index in [4.69, 9.17) is 9.47 Å². The standard InChI is InChI=1S/C25H34N8O5S/c1-37-20-14-19(28-24(29-20)38-2)32-13-8-16-18(15-32)39-25(27-16)30-23(36)26-9-7-21(34)33-12-5-6-17(33)22(35)31-10-3-4-11-31/h14,17H,3-13,15H2,1-2H3,(H2,26,27,30,36)/t17-/m0/s1. The number of carbonyl (C=O) groups is 3. The summed E-state index contributed by atoms with van der Waals surface area (Å²) in [5, 5.41) is 6.03.